The van der Waals surface area contributed by atoms with E-state index < -0.39 is 20.5 Å². The Balaban J connectivity index is 1.90. The van der Waals surface area contributed by atoms with Gasteiger partial charge in [-0.25, -0.2) is 13.4 Å². The highest BCUT2D eigenvalue weighted by Gasteiger charge is 2.43. The lowest BCUT2D eigenvalue weighted by atomic mass is 9.93. The van der Waals surface area contributed by atoms with Crippen LogP contribution in [0.2, 0.25) is 0 Å². The highest BCUT2D eigenvalue weighted by molar-refractivity contribution is 7.93. The monoisotopic (exact) mass is 416 g/mol. The molecule has 0 radical (unpaired) electrons. The molecule has 0 saturated heterocycles. The van der Waals surface area contributed by atoms with Crippen LogP contribution in [0.15, 0.2) is 52.7 Å². The molecule has 28 heavy (non-hydrogen) atoms. The van der Waals surface area contributed by atoms with E-state index in [2.05, 4.69) is 10.3 Å². The summed E-state index contributed by atoms with van der Waals surface area (Å²) in [6, 6.07) is 12.4. The quantitative estimate of drug-likeness (QED) is 0.664. The molecule has 148 valence electrons. The van der Waals surface area contributed by atoms with Crippen molar-refractivity contribution < 1.29 is 13.2 Å². The second-order valence-corrected chi connectivity index (χ2v) is 11.6. The fourth-order valence-electron chi connectivity index (χ4n) is 2.67. The molecule has 0 spiro atoms. The molecule has 0 aliphatic carbocycles. The minimum absolute atomic E-state index is 0.126. The van der Waals surface area contributed by atoms with E-state index in [0.29, 0.717) is 5.13 Å². The van der Waals surface area contributed by atoms with Crippen molar-refractivity contribution in [3.05, 3.63) is 53.5 Å². The summed E-state index contributed by atoms with van der Waals surface area (Å²) in [4.78, 5) is 17.4. The van der Waals surface area contributed by atoms with Crippen LogP contribution in [0.3, 0.4) is 0 Å². The number of nitrogens with one attached hydrogen (secondary N) is 1. The van der Waals surface area contributed by atoms with Gasteiger partial charge in [-0.2, -0.15) is 0 Å². The number of fused-ring (bicyclic) bond motifs is 1. The minimum Gasteiger partial charge on any atom is -0.301 e. The van der Waals surface area contributed by atoms with Crippen molar-refractivity contribution >= 4 is 43.0 Å². The molecule has 0 bridgehead atoms. The summed E-state index contributed by atoms with van der Waals surface area (Å²) >= 11 is 1.29. The van der Waals surface area contributed by atoms with E-state index in [-0.39, 0.29) is 10.3 Å². The smallest absolute Gasteiger partial charge is 0.247 e. The van der Waals surface area contributed by atoms with Crippen LogP contribution >= 0.6 is 11.3 Å². The first-order chi connectivity index (χ1) is 12.9. The molecule has 0 saturated carbocycles. The Morgan fingerprint density at radius 2 is 1.64 bits per heavy atom. The maximum Gasteiger partial charge on any atom is 0.247 e. The van der Waals surface area contributed by atoms with Crippen molar-refractivity contribution in [2.45, 2.75) is 49.7 Å². The topological polar surface area (TPSA) is 76.1 Å². The fourth-order valence-corrected chi connectivity index (χ4v) is 5.02. The van der Waals surface area contributed by atoms with Crippen LogP contribution in [-0.4, -0.2) is 24.1 Å². The summed E-state index contributed by atoms with van der Waals surface area (Å²) in [5, 5.41) is 6.71. The average molecular weight is 417 g/mol. The van der Waals surface area contributed by atoms with Gasteiger partial charge in [0.15, 0.2) is 15.0 Å². The summed E-state index contributed by atoms with van der Waals surface area (Å²) in [7, 11) is -3.91. The Bertz CT molecular complexity index is 1140. The second kappa shape index (κ2) is 6.97. The molecule has 3 rings (SSSR count). The Morgan fingerprint density at radius 1 is 1.00 bits per heavy atom. The Hall–Kier alpha value is -2.25. The Morgan fingerprint density at radius 3 is 2.25 bits per heavy atom. The van der Waals surface area contributed by atoms with Crippen molar-refractivity contribution in [2.24, 2.45) is 0 Å². The zero-order chi connectivity index (χ0) is 20.7. The largest absolute Gasteiger partial charge is 0.301 e. The average Bonchev–Trinajstić information content (AvgIpc) is 3.10. The number of sulfone groups is 1. The van der Waals surface area contributed by atoms with Crippen LogP contribution in [0.25, 0.3) is 10.8 Å². The lowest BCUT2D eigenvalue weighted by molar-refractivity contribution is -0.117. The third-order valence-electron chi connectivity index (χ3n) is 4.74. The van der Waals surface area contributed by atoms with Crippen molar-refractivity contribution in [3.8, 4) is 0 Å². The van der Waals surface area contributed by atoms with Gasteiger partial charge in [0.25, 0.3) is 0 Å². The van der Waals surface area contributed by atoms with Crippen molar-refractivity contribution in [3.63, 3.8) is 0 Å². The predicted molar refractivity (Wildman–Crippen MR) is 115 cm³/mol. The van der Waals surface area contributed by atoms with Gasteiger partial charge < -0.3 is 5.32 Å². The van der Waals surface area contributed by atoms with Gasteiger partial charge in [-0.15, -0.1) is 11.3 Å². The summed E-state index contributed by atoms with van der Waals surface area (Å²) in [6.07, 6.45) is 0. The van der Waals surface area contributed by atoms with Gasteiger partial charge in [-0.05, 0) is 36.8 Å². The molecule has 0 unspecified atom stereocenters. The Kier molecular flexibility index (Phi) is 5.10. The van der Waals surface area contributed by atoms with E-state index in [1.54, 1.807) is 18.2 Å². The first-order valence-corrected chi connectivity index (χ1v) is 11.3. The number of hydrogen-bond acceptors (Lipinski definition) is 5. The SMILES string of the molecule is CC(C)(C)c1csc(NC(=O)C(C)(C)S(=O)(=O)c2ccc3ccccc3c2)n1. The van der Waals surface area contributed by atoms with Crippen LogP contribution < -0.4 is 5.32 Å². The maximum absolute atomic E-state index is 13.2. The molecule has 3 aromatic rings. The minimum atomic E-state index is -3.91. The van der Waals surface area contributed by atoms with Crippen molar-refractivity contribution in [2.75, 3.05) is 5.32 Å². The van der Waals surface area contributed by atoms with Crippen molar-refractivity contribution in [1.29, 1.82) is 0 Å². The number of anilines is 1. The molecule has 7 heteroatoms. The van der Waals surface area contributed by atoms with Crippen LogP contribution in [0.4, 0.5) is 5.13 Å². The van der Waals surface area contributed by atoms with Gasteiger partial charge in [0, 0.05) is 10.8 Å². The molecule has 1 heterocycles. The molecular weight excluding hydrogens is 392 g/mol. The first-order valence-electron chi connectivity index (χ1n) is 8.94. The first kappa shape index (κ1) is 20.5. The maximum atomic E-state index is 13.2. The molecule has 1 aromatic heterocycles. The summed E-state index contributed by atoms with van der Waals surface area (Å²) in [5.41, 5.74) is 0.703. The van der Waals surface area contributed by atoms with E-state index in [9.17, 15) is 13.2 Å². The van der Waals surface area contributed by atoms with Crippen LogP contribution in [0.5, 0.6) is 0 Å². The normalized spacial score (nSPS) is 12.9. The van der Waals surface area contributed by atoms with E-state index in [4.69, 9.17) is 0 Å². The number of aromatic nitrogens is 1. The lowest BCUT2D eigenvalue weighted by Gasteiger charge is -2.23. The van der Waals surface area contributed by atoms with Gasteiger partial charge >= 0.3 is 0 Å². The molecule has 0 fully saturated rings. The molecule has 0 atom stereocenters. The van der Waals surface area contributed by atoms with E-state index >= 15 is 0 Å². The van der Waals surface area contributed by atoms with Crippen LogP contribution in [0, 0.1) is 0 Å². The third kappa shape index (κ3) is 3.69. The molecule has 5 nitrogen and oxygen atoms in total. The molecular formula is C21H24N2O3S2. The van der Waals surface area contributed by atoms with Gasteiger partial charge in [0.1, 0.15) is 4.75 Å². The number of carbonyl (C=O) groups is 1. The highest BCUT2D eigenvalue weighted by Crippen LogP contribution is 2.31. The number of benzene rings is 2. The predicted octanol–water partition coefficient (Wildman–Crippen LogP) is 4.78. The number of rotatable bonds is 4. The van der Waals surface area contributed by atoms with Gasteiger partial charge in [-0.1, -0.05) is 51.1 Å². The summed E-state index contributed by atoms with van der Waals surface area (Å²) in [6.45, 7) is 8.93. The van der Waals surface area contributed by atoms with Gasteiger partial charge in [-0.3, -0.25) is 4.79 Å². The van der Waals surface area contributed by atoms with E-state index in [1.165, 1.54) is 25.2 Å². The number of hydrogen-bond donors (Lipinski definition) is 1. The van der Waals surface area contributed by atoms with Gasteiger partial charge in [0.2, 0.25) is 5.91 Å². The number of carbonyl (C=O) groups excluding carboxylic acids is 1. The zero-order valence-electron chi connectivity index (χ0n) is 16.6. The highest BCUT2D eigenvalue weighted by atomic mass is 32.2. The number of nitrogens with zero attached hydrogens (tertiary/aromatic N) is 1. The standard InChI is InChI=1S/C21H24N2O3S2/c1-20(2,3)17-13-27-19(22-17)23-18(24)21(4,5)28(25,26)16-11-10-14-8-6-7-9-15(14)12-16/h6-13H,1-5H3,(H,22,23,24). The molecule has 0 aliphatic heterocycles. The van der Waals surface area contributed by atoms with Gasteiger partial charge in [0.05, 0.1) is 10.6 Å². The number of thiazole rings is 1. The molecule has 1 N–H and O–H groups in total. The second-order valence-electron chi connectivity index (χ2n) is 8.26. The molecule has 1 amide bonds. The van der Waals surface area contributed by atoms with Crippen LogP contribution in [0.1, 0.15) is 40.3 Å². The fraction of sp³-hybridized carbons (Fsp3) is 0.333. The molecule has 0 aliphatic rings. The van der Waals surface area contributed by atoms with Crippen LogP contribution in [-0.2, 0) is 20.0 Å². The van der Waals surface area contributed by atoms with E-state index in [0.717, 1.165) is 16.5 Å². The Labute approximate surface area is 169 Å². The van der Waals surface area contributed by atoms with E-state index in [1.807, 2.05) is 50.4 Å². The third-order valence-corrected chi connectivity index (χ3v) is 7.90. The molecule has 2 aromatic carbocycles. The summed E-state index contributed by atoms with van der Waals surface area (Å²) in [5.74, 6) is -0.601. The zero-order valence-corrected chi connectivity index (χ0v) is 18.2. The lowest BCUT2D eigenvalue weighted by Crippen LogP contribution is -2.44. The van der Waals surface area contributed by atoms with Crippen molar-refractivity contribution in [1.82, 2.24) is 4.98 Å². The summed E-state index contributed by atoms with van der Waals surface area (Å²) < 4.78 is 24.8. The number of amides is 1.